The zero-order chi connectivity index (χ0) is 24.5. The van der Waals surface area contributed by atoms with Crippen LogP contribution in [0, 0.1) is 0 Å². The Labute approximate surface area is 212 Å². The van der Waals surface area contributed by atoms with Crippen molar-refractivity contribution in [3.05, 3.63) is 65.0 Å². The molecule has 0 saturated carbocycles. The Morgan fingerprint density at radius 3 is 2.49 bits per heavy atom. The summed E-state index contributed by atoms with van der Waals surface area (Å²) in [4.78, 5) is 26.0. The van der Waals surface area contributed by atoms with Gasteiger partial charge in [0.05, 0.1) is 28.6 Å². The molecule has 8 nitrogen and oxygen atoms in total. The Morgan fingerprint density at radius 1 is 1.09 bits per heavy atom. The topological polar surface area (TPSA) is 92.7 Å². The number of nitrogens with two attached hydrogens (primary N) is 1. The second-order valence-electron chi connectivity index (χ2n) is 9.18. The molecule has 1 amide bonds. The Hall–Kier alpha value is -3.30. The third-order valence-corrected chi connectivity index (χ3v) is 7.29. The first-order chi connectivity index (χ1) is 16.9. The van der Waals surface area contributed by atoms with Crippen LogP contribution >= 0.6 is 15.9 Å². The second-order valence-corrected chi connectivity index (χ2v) is 9.97. The molecule has 1 aromatic carbocycles. The molecule has 0 unspecified atom stereocenters. The first-order valence-corrected chi connectivity index (χ1v) is 12.5. The van der Waals surface area contributed by atoms with E-state index in [-0.39, 0.29) is 11.8 Å². The standard InChI is InChI=1S/C26H28BrN7O/c1-32(2)16-22(35)33-12-10-18(11-13-33)24-23(27)25(28)34-26(31-24)20(15-30-34)19-8-9-21(29-14-19)17-6-4-3-5-7-17/h3-9,14-15,18H,10-13,16,28H2,1-2H3. The van der Waals surface area contributed by atoms with E-state index in [1.54, 1.807) is 10.7 Å². The highest BCUT2D eigenvalue weighted by Gasteiger charge is 2.28. The van der Waals surface area contributed by atoms with Crippen molar-refractivity contribution in [3.8, 4) is 22.4 Å². The Balaban J connectivity index is 1.43. The van der Waals surface area contributed by atoms with Crippen LogP contribution in [0.15, 0.2) is 59.3 Å². The highest BCUT2D eigenvalue weighted by atomic mass is 79.9. The van der Waals surface area contributed by atoms with E-state index in [4.69, 9.17) is 10.7 Å². The highest BCUT2D eigenvalue weighted by Crippen LogP contribution is 2.37. The fraction of sp³-hybridized carbons (Fsp3) is 0.308. The van der Waals surface area contributed by atoms with Crippen LogP contribution in [0.5, 0.6) is 0 Å². The summed E-state index contributed by atoms with van der Waals surface area (Å²) in [5.41, 5.74) is 11.9. The number of amides is 1. The maximum atomic E-state index is 12.5. The number of halogens is 1. The fourth-order valence-corrected chi connectivity index (χ4v) is 5.17. The molecule has 4 aromatic rings. The number of piperidine rings is 1. The van der Waals surface area contributed by atoms with E-state index in [0.717, 1.165) is 45.4 Å². The number of nitrogens with zero attached hydrogens (tertiary/aromatic N) is 6. The molecule has 2 N–H and O–H groups in total. The third-order valence-electron chi connectivity index (χ3n) is 6.48. The molecule has 3 aromatic heterocycles. The lowest BCUT2D eigenvalue weighted by Crippen LogP contribution is -2.42. The number of likely N-dealkylation sites (tertiary alicyclic amines) is 1. The summed E-state index contributed by atoms with van der Waals surface area (Å²) >= 11 is 3.67. The molecule has 0 atom stereocenters. The van der Waals surface area contributed by atoms with Gasteiger partial charge < -0.3 is 15.5 Å². The van der Waals surface area contributed by atoms with Crippen LogP contribution in [0.4, 0.5) is 5.82 Å². The van der Waals surface area contributed by atoms with Gasteiger partial charge in [-0.2, -0.15) is 9.61 Å². The number of hydrogen-bond acceptors (Lipinski definition) is 6. The summed E-state index contributed by atoms with van der Waals surface area (Å²) in [5, 5.41) is 4.50. The fourth-order valence-electron chi connectivity index (χ4n) is 4.59. The van der Waals surface area contributed by atoms with Gasteiger partial charge in [0, 0.05) is 41.9 Å². The van der Waals surface area contributed by atoms with Gasteiger partial charge >= 0.3 is 0 Å². The monoisotopic (exact) mass is 533 g/mol. The molecule has 0 bridgehead atoms. The third kappa shape index (κ3) is 4.66. The number of pyridine rings is 1. The number of fused-ring (bicyclic) bond motifs is 1. The number of carbonyl (C=O) groups excluding carboxylic acids is 1. The van der Waals surface area contributed by atoms with Crippen molar-refractivity contribution in [2.45, 2.75) is 18.8 Å². The summed E-state index contributed by atoms with van der Waals surface area (Å²) in [7, 11) is 3.83. The quantitative estimate of drug-likeness (QED) is 0.415. The predicted octanol–water partition coefficient (Wildman–Crippen LogP) is 4.07. The summed E-state index contributed by atoms with van der Waals surface area (Å²) < 4.78 is 2.44. The molecular formula is C26H28BrN7O. The van der Waals surface area contributed by atoms with E-state index in [0.29, 0.717) is 31.1 Å². The number of aromatic nitrogens is 4. The van der Waals surface area contributed by atoms with Crippen LogP contribution < -0.4 is 5.73 Å². The minimum atomic E-state index is 0.167. The molecule has 180 valence electrons. The van der Waals surface area contributed by atoms with Gasteiger partial charge in [-0.15, -0.1) is 0 Å². The summed E-state index contributed by atoms with van der Waals surface area (Å²) in [6, 6.07) is 14.1. The molecule has 0 aliphatic carbocycles. The first-order valence-electron chi connectivity index (χ1n) is 11.7. The van der Waals surface area contributed by atoms with Crippen LogP contribution in [-0.4, -0.2) is 69.0 Å². The molecule has 9 heteroatoms. The molecule has 35 heavy (non-hydrogen) atoms. The predicted molar refractivity (Wildman–Crippen MR) is 141 cm³/mol. The van der Waals surface area contributed by atoms with Crippen molar-refractivity contribution in [1.82, 2.24) is 29.4 Å². The smallest absolute Gasteiger partial charge is 0.236 e. The van der Waals surface area contributed by atoms with Crippen LogP contribution in [0.3, 0.4) is 0 Å². The van der Waals surface area contributed by atoms with Gasteiger partial charge in [-0.1, -0.05) is 36.4 Å². The molecular weight excluding hydrogens is 506 g/mol. The average molecular weight is 534 g/mol. The van der Waals surface area contributed by atoms with Crippen LogP contribution in [0.2, 0.25) is 0 Å². The number of benzene rings is 1. The molecule has 0 radical (unpaired) electrons. The number of hydrogen-bond donors (Lipinski definition) is 1. The molecule has 0 spiro atoms. The molecule has 4 heterocycles. The largest absolute Gasteiger partial charge is 0.383 e. The van der Waals surface area contributed by atoms with Crippen LogP contribution in [0.1, 0.15) is 24.5 Å². The number of likely N-dealkylation sites (N-methyl/N-ethyl adjacent to an activating group) is 1. The van der Waals surface area contributed by atoms with E-state index in [2.05, 4.69) is 26.0 Å². The Bertz CT molecular complexity index is 1340. The summed E-state index contributed by atoms with van der Waals surface area (Å²) in [5.74, 6) is 0.901. The van der Waals surface area contributed by atoms with Gasteiger partial charge in [-0.05, 0) is 48.9 Å². The van der Waals surface area contributed by atoms with E-state index in [9.17, 15) is 4.79 Å². The lowest BCUT2D eigenvalue weighted by atomic mass is 9.93. The molecule has 1 saturated heterocycles. The lowest BCUT2D eigenvalue weighted by molar-refractivity contribution is -0.132. The van der Waals surface area contributed by atoms with Crippen molar-refractivity contribution in [3.63, 3.8) is 0 Å². The van der Waals surface area contributed by atoms with E-state index < -0.39 is 0 Å². The van der Waals surface area contributed by atoms with Crippen molar-refractivity contribution >= 4 is 33.3 Å². The second kappa shape index (κ2) is 9.75. The van der Waals surface area contributed by atoms with E-state index in [1.165, 1.54) is 0 Å². The van der Waals surface area contributed by atoms with Crippen molar-refractivity contribution in [2.24, 2.45) is 0 Å². The minimum absolute atomic E-state index is 0.167. The minimum Gasteiger partial charge on any atom is -0.383 e. The number of rotatable bonds is 5. The Kier molecular flexibility index (Phi) is 6.53. The average Bonchev–Trinajstić information content (AvgIpc) is 3.31. The lowest BCUT2D eigenvalue weighted by Gasteiger charge is -2.33. The number of anilines is 1. The molecule has 5 rings (SSSR count). The number of nitrogen functional groups attached to an aromatic ring is 1. The van der Waals surface area contributed by atoms with Crippen molar-refractivity contribution < 1.29 is 4.79 Å². The van der Waals surface area contributed by atoms with Crippen LogP contribution in [-0.2, 0) is 4.79 Å². The first kappa shape index (κ1) is 23.4. The molecule has 1 aliphatic rings. The highest BCUT2D eigenvalue weighted by molar-refractivity contribution is 9.10. The molecule has 1 aliphatic heterocycles. The van der Waals surface area contributed by atoms with Gasteiger partial charge in [-0.25, -0.2) is 4.98 Å². The summed E-state index contributed by atoms with van der Waals surface area (Å²) in [6.07, 6.45) is 5.33. The van der Waals surface area contributed by atoms with Crippen LogP contribution in [0.25, 0.3) is 28.0 Å². The van der Waals surface area contributed by atoms with Crippen molar-refractivity contribution in [1.29, 1.82) is 0 Å². The van der Waals surface area contributed by atoms with Gasteiger partial charge in [0.2, 0.25) is 5.91 Å². The van der Waals surface area contributed by atoms with Gasteiger partial charge in [0.15, 0.2) is 5.65 Å². The normalized spacial score (nSPS) is 14.7. The maximum absolute atomic E-state index is 12.5. The van der Waals surface area contributed by atoms with Gasteiger partial charge in [0.25, 0.3) is 0 Å². The molecule has 1 fully saturated rings. The van der Waals surface area contributed by atoms with Gasteiger partial charge in [0.1, 0.15) is 5.82 Å². The van der Waals surface area contributed by atoms with E-state index >= 15 is 0 Å². The zero-order valence-electron chi connectivity index (χ0n) is 19.9. The SMILES string of the molecule is CN(C)CC(=O)N1CCC(c2nc3c(-c4ccc(-c5ccccc5)nc4)cnn3c(N)c2Br)CC1. The summed E-state index contributed by atoms with van der Waals surface area (Å²) in [6.45, 7) is 1.86. The van der Waals surface area contributed by atoms with Gasteiger partial charge in [-0.3, -0.25) is 9.78 Å². The maximum Gasteiger partial charge on any atom is 0.236 e. The number of carbonyl (C=O) groups is 1. The zero-order valence-corrected chi connectivity index (χ0v) is 21.4. The Morgan fingerprint density at radius 2 is 1.83 bits per heavy atom. The van der Waals surface area contributed by atoms with E-state index in [1.807, 2.05) is 72.6 Å². The van der Waals surface area contributed by atoms with Crippen molar-refractivity contribution in [2.75, 3.05) is 39.5 Å².